The lowest BCUT2D eigenvalue weighted by atomic mass is 10.00. The molecule has 0 bridgehead atoms. The number of benzene rings is 1. The summed E-state index contributed by atoms with van der Waals surface area (Å²) in [4.78, 5) is 10.7. The van der Waals surface area contributed by atoms with Gasteiger partial charge in [0, 0.05) is 22.6 Å². The largest absolute Gasteiger partial charge is 0.312 e. The lowest BCUT2D eigenvalue weighted by Crippen LogP contribution is -2.47. The highest BCUT2D eigenvalue weighted by Gasteiger charge is 2.26. The van der Waals surface area contributed by atoms with Crippen LogP contribution in [-0.4, -0.2) is 22.0 Å². The van der Waals surface area contributed by atoms with Crippen LogP contribution in [0.4, 0.5) is 11.4 Å². The fourth-order valence-electron chi connectivity index (χ4n) is 2.54. The topological polar surface area (TPSA) is 58.4 Å². The second kappa shape index (κ2) is 5.88. The van der Waals surface area contributed by atoms with Gasteiger partial charge in [-0.3, -0.25) is 10.1 Å². The van der Waals surface area contributed by atoms with Crippen LogP contribution < -0.4 is 5.43 Å². The first kappa shape index (κ1) is 14.3. The Morgan fingerprint density at radius 3 is 2.58 bits per heavy atom. The van der Waals surface area contributed by atoms with Crippen molar-refractivity contribution in [3.05, 3.63) is 32.8 Å². The first-order chi connectivity index (χ1) is 8.99. The standard InChI is InChI=1S/C13H18BrN3O2/c1-9-4-3-5-10(2)16(9)15-12-8-11(14)6-7-13(12)17(18)19/h6-10,15H,3-5H2,1-2H3. The third kappa shape index (κ3) is 3.25. The van der Waals surface area contributed by atoms with E-state index in [9.17, 15) is 10.1 Å². The van der Waals surface area contributed by atoms with Gasteiger partial charge in [-0.05, 0) is 38.8 Å². The highest BCUT2D eigenvalue weighted by molar-refractivity contribution is 9.10. The summed E-state index contributed by atoms with van der Waals surface area (Å²) in [6.07, 6.45) is 3.43. The minimum absolute atomic E-state index is 0.105. The summed E-state index contributed by atoms with van der Waals surface area (Å²) >= 11 is 3.36. The van der Waals surface area contributed by atoms with Crippen LogP contribution in [0.2, 0.25) is 0 Å². The van der Waals surface area contributed by atoms with Gasteiger partial charge in [-0.2, -0.15) is 0 Å². The van der Waals surface area contributed by atoms with E-state index in [2.05, 4.69) is 40.2 Å². The van der Waals surface area contributed by atoms with Crippen molar-refractivity contribution in [2.75, 3.05) is 5.43 Å². The third-order valence-electron chi connectivity index (χ3n) is 3.60. The van der Waals surface area contributed by atoms with Crippen molar-refractivity contribution in [3.8, 4) is 0 Å². The molecule has 0 amide bonds. The fourth-order valence-corrected chi connectivity index (χ4v) is 2.90. The highest BCUT2D eigenvalue weighted by Crippen LogP contribution is 2.31. The van der Waals surface area contributed by atoms with Gasteiger partial charge in [0.2, 0.25) is 0 Å². The van der Waals surface area contributed by atoms with Crippen LogP contribution in [0.5, 0.6) is 0 Å². The average Bonchev–Trinajstić information content (AvgIpc) is 2.33. The van der Waals surface area contributed by atoms with Crippen LogP contribution in [0, 0.1) is 10.1 Å². The fraction of sp³-hybridized carbons (Fsp3) is 0.538. The van der Waals surface area contributed by atoms with Crippen LogP contribution in [0.1, 0.15) is 33.1 Å². The molecule has 0 spiro atoms. The summed E-state index contributed by atoms with van der Waals surface area (Å²) in [6, 6.07) is 5.72. The monoisotopic (exact) mass is 327 g/mol. The molecule has 6 heteroatoms. The number of nitro benzene ring substituents is 1. The molecule has 1 aliphatic heterocycles. The van der Waals surface area contributed by atoms with Gasteiger partial charge in [0.25, 0.3) is 5.69 Å². The molecule has 5 nitrogen and oxygen atoms in total. The van der Waals surface area contributed by atoms with Gasteiger partial charge in [-0.25, -0.2) is 5.01 Å². The Bertz CT molecular complexity index is 471. The minimum Gasteiger partial charge on any atom is -0.312 e. The Morgan fingerprint density at radius 1 is 1.37 bits per heavy atom. The summed E-state index contributed by atoms with van der Waals surface area (Å²) in [5.41, 5.74) is 3.88. The minimum atomic E-state index is -0.353. The molecule has 2 atom stereocenters. The van der Waals surface area contributed by atoms with Gasteiger partial charge < -0.3 is 5.43 Å². The normalized spacial score (nSPS) is 24.2. The average molecular weight is 328 g/mol. The molecule has 0 aromatic heterocycles. The van der Waals surface area contributed by atoms with Crippen LogP contribution in [-0.2, 0) is 0 Å². The van der Waals surface area contributed by atoms with Crippen molar-refractivity contribution in [2.24, 2.45) is 0 Å². The van der Waals surface area contributed by atoms with Gasteiger partial charge in [-0.15, -0.1) is 0 Å². The molecule has 2 unspecified atom stereocenters. The van der Waals surface area contributed by atoms with Crippen LogP contribution in [0.15, 0.2) is 22.7 Å². The van der Waals surface area contributed by atoms with E-state index in [4.69, 9.17) is 0 Å². The van der Waals surface area contributed by atoms with Gasteiger partial charge >= 0.3 is 0 Å². The molecule has 1 N–H and O–H groups in total. The van der Waals surface area contributed by atoms with E-state index >= 15 is 0 Å². The lowest BCUT2D eigenvalue weighted by Gasteiger charge is -2.39. The number of halogens is 1. The maximum Gasteiger partial charge on any atom is 0.293 e. The molecule has 1 aromatic carbocycles. The summed E-state index contributed by atoms with van der Waals surface area (Å²) in [5, 5.41) is 13.2. The second-order valence-corrected chi connectivity index (χ2v) is 5.98. The Balaban J connectivity index is 2.26. The summed E-state index contributed by atoms with van der Waals surface area (Å²) in [6.45, 7) is 4.29. The number of rotatable bonds is 3. The number of hydrogen-bond donors (Lipinski definition) is 1. The molecule has 1 aromatic rings. The van der Waals surface area contributed by atoms with Crippen molar-refractivity contribution in [1.82, 2.24) is 5.01 Å². The molecule has 2 rings (SSSR count). The molecule has 1 fully saturated rings. The number of hydrazine groups is 1. The number of nitrogens with zero attached hydrogens (tertiary/aromatic N) is 2. The molecule has 0 radical (unpaired) electrons. The van der Waals surface area contributed by atoms with Crippen LogP contribution in [0.25, 0.3) is 0 Å². The van der Waals surface area contributed by atoms with E-state index in [1.807, 2.05) is 0 Å². The van der Waals surface area contributed by atoms with Crippen molar-refractivity contribution in [1.29, 1.82) is 0 Å². The molecule has 1 saturated heterocycles. The number of anilines is 1. The molecule has 0 aliphatic carbocycles. The Labute approximate surface area is 121 Å². The molecule has 104 valence electrons. The van der Waals surface area contributed by atoms with Crippen molar-refractivity contribution < 1.29 is 4.92 Å². The predicted octanol–water partition coefficient (Wildman–Crippen LogP) is 3.95. The van der Waals surface area contributed by atoms with Gasteiger partial charge in [0.1, 0.15) is 5.69 Å². The first-order valence-electron chi connectivity index (χ1n) is 6.48. The maximum absolute atomic E-state index is 11.1. The first-order valence-corrected chi connectivity index (χ1v) is 7.27. The van der Waals surface area contributed by atoms with Gasteiger partial charge in [-0.1, -0.05) is 22.4 Å². The summed E-state index contributed by atoms with van der Waals surface area (Å²) < 4.78 is 0.831. The number of piperidine rings is 1. The third-order valence-corrected chi connectivity index (χ3v) is 4.09. The van der Waals surface area contributed by atoms with E-state index in [-0.39, 0.29) is 10.6 Å². The van der Waals surface area contributed by atoms with E-state index in [0.717, 1.165) is 17.3 Å². The lowest BCUT2D eigenvalue weighted by molar-refractivity contribution is -0.384. The zero-order valence-corrected chi connectivity index (χ0v) is 12.7. The summed E-state index contributed by atoms with van der Waals surface area (Å²) in [7, 11) is 0. The van der Waals surface area contributed by atoms with E-state index in [0.29, 0.717) is 17.8 Å². The number of hydrogen-bond acceptors (Lipinski definition) is 4. The Morgan fingerprint density at radius 2 is 2.00 bits per heavy atom. The Hall–Kier alpha value is -1.14. The van der Waals surface area contributed by atoms with Gasteiger partial charge in [0.15, 0.2) is 0 Å². The molecular weight excluding hydrogens is 310 g/mol. The zero-order valence-electron chi connectivity index (χ0n) is 11.1. The van der Waals surface area contributed by atoms with Gasteiger partial charge in [0.05, 0.1) is 4.92 Å². The van der Waals surface area contributed by atoms with Crippen molar-refractivity contribution in [2.45, 2.75) is 45.2 Å². The number of nitrogens with one attached hydrogen (secondary N) is 1. The highest BCUT2D eigenvalue weighted by atomic mass is 79.9. The van der Waals surface area contributed by atoms with E-state index < -0.39 is 0 Å². The summed E-state index contributed by atoms with van der Waals surface area (Å²) in [5.74, 6) is 0. The van der Waals surface area contributed by atoms with Crippen LogP contribution in [0.3, 0.4) is 0 Å². The predicted molar refractivity (Wildman–Crippen MR) is 79.0 cm³/mol. The molecule has 1 aliphatic rings. The number of nitro groups is 1. The molecule has 19 heavy (non-hydrogen) atoms. The van der Waals surface area contributed by atoms with Crippen molar-refractivity contribution in [3.63, 3.8) is 0 Å². The second-order valence-electron chi connectivity index (χ2n) is 5.07. The SMILES string of the molecule is CC1CCCC(C)N1Nc1cc(Br)ccc1[N+](=O)[O-]. The molecule has 0 saturated carbocycles. The van der Waals surface area contributed by atoms with Crippen molar-refractivity contribution >= 4 is 27.3 Å². The molecular formula is C13H18BrN3O2. The van der Waals surface area contributed by atoms with E-state index in [1.54, 1.807) is 12.1 Å². The molecule has 1 heterocycles. The quantitative estimate of drug-likeness (QED) is 0.674. The zero-order chi connectivity index (χ0) is 14.0. The smallest absolute Gasteiger partial charge is 0.293 e. The van der Waals surface area contributed by atoms with E-state index in [1.165, 1.54) is 12.5 Å². The maximum atomic E-state index is 11.1. The van der Waals surface area contributed by atoms with Crippen LogP contribution >= 0.6 is 15.9 Å². The Kier molecular flexibility index (Phi) is 4.42.